The molecule has 1 amide bonds. The number of nitrogens with zero attached hydrogens (tertiary/aromatic N) is 2. The third-order valence-electron chi connectivity index (χ3n) is 6.00. The van der Waals surface area contributed by atoms with Crippen molar-refractivity contribution in [2.75, 3.05) is 7.05 Å². The predicted molar refractivity (Wildman–Crippen MR) is 169 cm³/mol. The normalized spacial score (nSPS) is 12.7. The highest BCUT2D eigenvalue weighted by molar-refractivity contribution is 7.89. The molecule has 12 heteroatoms. The number of nitrogens with one attached hydrogen (secondary N) is 1. The lowest BCUT2D eigenvalue weighted by Crippen LogP contribution is -2.46. The van der Waals surface area contributed by atoms with Crippen LogP contribution in [0.15, 0.2) is 72.0 Å². The Morgan fingerprint density at radius 2 is 1.58 bits per heavy atom. The highest BCUT2D eigenvalue weighted by Gasteiger charge is 2.30. The maximum Gasteiger partial charge on any atom is 0.419 e. The fourth-order valence-corrected chi connectivity index (χ4v) is 5.33. The van der Waals surface area contributed by atoms with Crippen molar-refractivity contribution in [3.8, 4) is 0 Å². The number of sulfonamides is 1. The number of thiocarbonyl (C=S) groups is 1. The summed E-state index contributed by atoms with van der Waals surface area (Å²) >= 11 is 5.56. The first-order valence-electron chi connectivity index (χ1n) is 13.6. The number of fused-ring (bicyclic) bond motifs is 1. The van der Waals surface area contributed by atoms with Crippen LogP contribution < -0.4 is 5.32 Å². The Morgan fingerprint density at radius 3 is 2.16 bits per heavy atom. The number of benzene rings is 2. The van der Waals surface area contributed by atoms with Gasteiger partial charge in [-0.05, 0) is 91.5 Å². The summed E-state index contributed by atoms with van der Waals surface area (Å²) in [7, 11) is -2.72. The van der Waals surface area contributed by atoms with Gasteiger partial charge in [0.15, 0.2) is 5.05 Å². The minimum atomic E-state index is -4.01. The second kappa shape index (κ2) is 12.8. The van der Waals surface area contributed by atoms with Crippen molar-refractivity contribution in [2.45, 2.75) is 77.0 Å². The number of hydrogen-bond acceptors (Lipinski definition) is 8. The third-order valence-corrected chi connectivity index (χ3v) is 8.16. The first kappa shape index (κ1) is 33.6. The Balaban J connectivity index is 1.95. The lowest BCUT2D eigenvalue weighted by Gasteiger charge is -2.27. The van der Waals surface area contributed by atoms with E-state index in [2.05, 4.69) is 11.9 Å². The predicted octanol–water partition coefficient (Wildman–Crippen LogP) is 6.30. The van der Waals surface area contributed by atoms with Crippen LogP contribution in [-0.4, -0.2) is 58.8 Å². The number of ether oxygens (including phenoxy) is 3. The summed E-state index contributed by atoms with van der Waals surface area (Å²) in [4.78, 5) is 26.2. The highest BCUT2D eigenvalue weighted by Crippen LogP contribution is 2.25. The van der Waals surface area contributed by atoms with E-state index >= 15 is 0 Å². The van der Waals surface area contributed by atoms with Gasteiger partial charge < -0.3 is 19.5 Å². The summed E-state index contributed by atoms with van der Waals surface area (Å²) in [5, 5.41) is 3.27. The average Bonchev–Trinajstić information content (AvgIpc) is 3.24. The fourth-order valence-electron chi connectivity index (χ4n) is 3.99. The van der Waals surface area contributed by atoms with Gasteiger partial charge in [0.1, 0.15) is 17.2 Å². The number of alkyl carbamates (subject to hydrolysis) is 1. The number of para-hydroxylation sites is 1. The number of amides is 1. The van der Waals surface area contributed by atoms with E-state index in [-0.39, 0.29) is 22.3 Å². The summed E-state index contributed by atoms with van der Waals surface area (Å²) in [6.45, 7) is 16.0. The Bertz CT molecular complexity index is 1630. The Morgan fingerprint density at radius 1 is 1.00 bits per heavy atom. The van der Waals surface area contributed by atoms with Crippen molar-refractivity contribution >= 4 is 50.4 Å². The monoisotopic (exact) mass is 629 g/mol. The van der Waals surface area contributed by atoms with E-state index in [1.165, 1.54) is 23.7 Å². The molecule has 1 aromatic heterocycles. The number of carbonyl (C=O) groups is 2. The van der Waals surface area contributed by atoms with Gasteiger partial charge in [-0.3, -0.25) is 0 Å². The number of aromatic nitrogens is 1. The molecule has 10 nitrogen and oxygen atoms in total. The first-order valence-corrected chi connectivity index (χ1v) is 15.4. The second-order valence-electron chi connectivity index (χ2n) is 12.0. The topological polar surface area (TPSA) is 116 Å². The van der Waals surface area contributed by atoms with E-state index in [1.54, 1.807) is 71.9 Å². The molecule has 0 saturated carbocycles. The number of carbonyl (C=O) groups excluding carboxylic acids is 2. The van der Waals surface area contributed by atoms with Crippen LogP contribution in [0.25, 0.3) is 10.9 Å². The van der Waals surface area contributed by atoms with Crippen LogP contribution in [-0.2, 0) is 30.7 Å². The van der Waals surface area contributed by atoms with Crippen LogP contribution in [0.2, 0.25) is 0 Å². The molecule has 0 saturated heterocycles. The largest absolute Gasteiger partial charge is 0.444 e. The van der Waals surface area contributed by atoms with E-state index < -0.39 is 39.5 Å². The molecule has 1 atom stereocenters. The molecule has 232 valence electrons. The summed E-state index contributed by atoms with van der Waals surface area (Å²) in [6, 6.07) is 14.3. The molecule has 0 spiro atoms. The smallest absolute Gasteiger partial charge is 0.419 e. The maximum absolute atomic E-state index is 13.3. The van der Waals surface area contributed by atoms with Crippen molar-refractivity contribution in [3.05, 3.63) is 78.3 Å². The molecule has 0 aliphatic heterocycles. The molecule has 1 N–H and O–H groups in total. The van der Waals surface area contributed by atoms with Gasteiger partial charge in [0.2, 0.25) is 5.88 Å². The van der Waals surface area contributed by atoms with Crippen LogP contribution in [0, 0.1) is 6.92 Å². The average molecular weight is 630 g/mol. The molecule has 0 fully saturated rings. The van der Waals surface area contributed by atoms with Crippen molar-refractivity contribution in [1.82, 2.24) is 14.2 Å². The molecule has 2 aromatic carbocycles. The Labute approximate surface area is 258 Å². The fraction of sp³-hybridized carbons (Fsp3) is 0.387. The number of hydrogen-bond donors (Lipinski definition) is 1. The van der Waals surface area contributed by atoms with Crippen molar-refractivity contribution in [3.63, 3.8) is 0 Å². The summed E-state index contributed by atoms with van der Waals surface area (Å²) in [5.74, 6) is -0.283. The molecule has 0 unspecified atom stereocenters. The minimum Gasteiger partial charge on any atom is -0.444 e. The second-order valence-corrected chi connectivity index (χ2v) is 14.4. The van der Waals surface area contributed by atoms with Crippen molar-refractivity contribution < 1.29 is 32.2 Å². The zero-order valence-corrected chi connectivity index (χ0v) is 27.4. The molecule has 3 aromatic rings. The van der Waals surface area contributed by atoms with E-state index in [9.17, 15) is 18.0 Å². The minimum absolute atomic E-state index is 0.0201. The van der Waals surface area contributed by atoms with Crippen LogP contribution in [0.3, 0.4) is 0 Å². The summed E-state index contributed by atoms with van der Waals surface area (Å²) < 4.78 is 45.5. The van der Waals surface area contributed by atoms with Gasteiger partial charge in [-0.25, -0.2) is 26.9 Å². The van der Waals surface area contributed by atoms with Gasteiger partial charge >= 0.3 is 12.2 Å². The van der Waals surface area contributed by atoms with E-state index in [0.29, 0.717) is 11.2 Å². The third kappa shape index (κ3) is 8.80. The molecule has 0 radical (unpaired) electrons. The molecular formula is C31H39N3O7S2. The molecule has 3 rings (SSSR count). The maximum atomic E-state index is 13.3. The van der Waals surface area contributed by atoms with E-state index in [1.807, 2.05) is 19.1 Å². The van der Waals surface area contributed by atoms with Crippen molar-refractivity contribution in [2.24, 2.45) is 0 Å². The van der Waals surface area contributed by atoms with Crippen LogP contribution in [0.1, 0.15) is 52.8 Å². The summed E-state index contributed by atoms with van der Waals surface area (Å²) in [6.07, 6.45) is -1.41. The lowest BCUT2D eigenvalue weighted by atomic mass is 10.1. The van der Waals surface area contributed by atoms with Gasteiger partial charge in [-0.15, -0.1) is 0 Å². The van der Waals surface area contributed by atoms with E-state index in [0.717, 1.165) is 15.3 Å². The Kier molecular flexibility index (Phi) is 9.97. The SMILES string of the molecule is C=C(OC(=S)[C@H](Cc1cc2ccccc2n1C(=O)OC(C)(C)C)NC(=O)OC(C)(C)C)N(C)S(=O)(=O)c1ccc(C)cc1. The van der Waals surface area contributed by atoms with Crippen LogP contribution in [0.4, 0.5) is 9.59 Å². The molecule has 43 heavy (non-hydrogen) atoms. The number of rotatable bonds is 8. The Hall–Kier alpha value is -3.90. The number of aryl methyl sites for hydroxylation is 1. The van der Waals surface area contributed by atoms with Gasteiger partial charge in [0.05, 0.1) is 10.4 Å². The molecule has 0 aliphatic carbocycles. The highest BCUT2D eigenvalue weighted by atomic mass is 32.2. The van der Waals surface area contributed by atoms with Crippen LogP contribution in [0.5, 0.6) is 0 Å². The van der Waals surface area contributed by atoms with Gasteiger partial charge in [-0.2, -0.15) is 0 Å². The van der Waals surface area contributed by atoms with E-state index in [4.69, 9.17) is 26.4 Å². The first-order chi connectivity index (χ1) is 19.8. The standard InChI is InChI=1S/C31H39N3O7S2/c1-20-14-16-24(17-15-20)43(37,38)33(9)21(2)39-27(42)25(32-28(35)40-30(3,4)5)19-23-18-22-12-10-11-13-26(22)34(23)29(36)41-31(6,7)8/h10-18,25H,2,19H2,1,3-9H3,(H,32,35)/t25-/m0/s1. The molecule has 1 heterocycles. The van der Waals surface area contributed by atoms with Crippen LogP contribution >= 0.6 is 12.2 Å². The van der Waals surface area contributed by atoms with Gasteiger partial charge in [0.25, 0.3) is 10.0 Å². The summed E-state index contributed by atoms with van der Waals surface area (Å²) in [5.41, 5.74) is 0.390. The van der Waals surface area contributed by atoms with Gasteiger partial charge in [-0.1, -0.05) is 35.9 Å². The van der Waals surface area contributed by atoms with Gasteiger partial charge in [0, 0.05) is 24.5 Å². The zero-order valence-electron chi connectivity index (χ0n) is 25.8. The molecule has 0 bridgehead atoms. The molecular weight excluding hydrogens is 590 g/mol. The lowest BCUT2D eigenvalue weighted by molar-refractivity contribution is 0.0513. The zero-order chi connectivity index (χ0) is 32.3. The van der Waals surface area contributed by atoms with Crippen molar-refractivity contribution in [1.29, 1.82) is 0 Å². The quantitative estimate of drug-likeness (QED) is 0.228. The molecule has 0 aliphatic rings.